The average Bonchev–Trinajstić information content (AvgIpc) is 2.81. The first-order valence-electron chi connectivity index (χ1n) is 10.8. The number of nitro groups is 1. The van der Waals surface area contributed by atoms with E-state index >= 15 is 0 Å². The number of hydrogen-bond donors (Lipinski definition) is 1. The Morgan fingerprint density at radius 1 is 1.18 bits per heavy atom. The standard InChI is InChI=1S/C23H29N3O6S/c1-3-21(25(33(2,30)31)19-10-7-11-20(16-19)26(28)29)22(27)24-17-23(12-14-32-15-13-23)18-8-5-4-6-9-18/h4-11,16,21H,3,12-15,17H2,1-2H3,(H,24,27). The molecule has 0 bridgehead atoms. The van der Waals surface area contributed by atoms with Crippen LogP contribution >= 0.6 is 0 Å². The van der Waals surface area contributed by atoms with Crippen LogP contribution < -0.4 is 9.62 Å². The normalized spacial score (nSPS) is 16.5. The minimum atomic E-state index is -3.90. The Balaban J connectivity index is 1.88. The summed E-state index contributed by atoms with van der Waals surface area (Å²) in [6.45, 7) is 3.19. The molecule has 10 heteroatoms. The number of carbonyl (C=O) groups excluding carboxylic acids is 1. The van der Waals surface area contributed by atoms with Gasteiger partial charge in [0.1, 0.15) is 6.04 Å². The minimum Gasteiger partial charge on any atom is -0.381 e. The van der Waals surface area contributed by atoms with Crippen molar-refractivity contribution < 1.29 is 22.9 Å². The van der Waals surface area contributed by atoms with Crippen LogP contribution in [0.25, 0.3) is 0 Å². The van der Waals surface area contributed by atoms with Gasteiger partial charge in [0.05, 0.1) is 16.9 Å². The number of rotatable bonds is 9. The van der Waals surface area contributed by atoms with Gasteiger partial charge in [-0.25, -0.2) is 8.42 Å². The molecule has 1 aliphatic rings. The van der Waals surface area contributed by atoms with Crippen molar-refractivity contribution in [1.29, 1.82) is 0 Å². The Kier molecular flexibility index (Phi) is 7.70. The zero-order chi connectivity index (χ0) is 24.1. The van der Waals surface area contributed by atoms with Crippen molar-refractivity contribution in [2.45, 2.75) is 37.6 Å². The van der Waals surface area contributed by atoms with E-state index in [1.807, 2.05) is 30.3 Å². The monoisotopic (exact) mass is 475 g/mol. The predicted molar refractivity (Wildman–Crippen MR) is 126 cm³/mol. The van der Waals surface area contributed by atoms with Gasteiger partial charge in [-0.1, -0.05) is 43.3 Å². The molecule has 1 saturated heterocycles. The Hall–Kier alpha value is -2.98. The quantitative estimate of drug-likeness (QED) is 0.440. The van der Waals surface area contributed by atoms with Crippen LogP contribution in [0.2, 0.25) is 0 Å². The van der Waals surface area contributed by atoms with Crippen LogP contribution in [0.15, 0.2) is 54.6 Å². The van der Waals surface area contributed by atoms with Gasteiger partial charge in [0.25, 0.3) is 5.69 Å². The molecule has 0 spiro atoms. The molecule has 1 amide bonds. The Morgan fingerprint density at radius 2 is 1.85 bits per heavy atom. The highest BCUT2D eigenvalue weighted by atomic mass is 32.2. The van der Waals surface area contributed by atoms with E-state index in [1.54, 1.807) is 6.92 Å². The lowest BCUT2D eigenvalue weighted by atomic mass is 9.74. The van der Waals surface area contributed by atoms with Crippen LogP contribution in [0.4, 0.5) is 11.4 Å². The number of sulfonamides is 1. The fraction of sp³-hybridized carbons (Fsp3) is 0.435. The van der Waals surface area contributed by atoms with Crippen molar-refractivity contribution >= 4 is 27.3 Å². The molecule has 3 rings (SSSR count). The maximum Gasteiger partial charge on any atom is 0.271 e. The minimum absolute atomic E-state index is 0.0811. The van der Waals surface area contributed by atoms with E-state index in [0.717, 1.165) is 29.0 Å². The Morgan fingerprint density at radius 3 is 2.42 bits per heavy atom. The van der Waals surface area contributed by atoms with Crippen LogP contribution in [0.1, 0.15) is 31.7 Å². The molecule has 2 aromatic carbocycles. The fourth-order valence-electron chi connectivity index (χ4n) is 4.30. The summed E-state index contributed by atoms with van der Waals surface area (Å²) in [4.78, 5) is 23.9. The molecule has 1 atom stereocenters. The molecule has 1 heterocycles. The number of carbonyl (C=O) groups is 1. The summed E-state index contributed by atoms with van der Waals surface area (Å²) >= 11 is 0. The van der Waals surface area contributed by atoms with Gasteiger partial charge in [-0.3, -0.25) is 19.2 Å². The number of nitro benzene ring substituents is 1. The van der Waals surface area contributed by atoms with Gasteiger partial charge in [0, 0.05) is 37.3 Å². The van der Waals surface area contributed by atoms with Crippen LogP contribution in [0.5, 0.6) is 0 Å². The molecule has 1 aliphatic heterocycles. The van der Waals surface area contributed by atoms with E-state index in [4.69, 9.17) is 4.74 Å². The first-order chi connectivity index (χ1) is 15.7. The molecular formula is C23H29N3O6S. The number of non-ortho nitro benzene ring substituents is 1. The number of ether oxygens (including phenoxy) is 1. The summed E-state index contributed by atoms with van der Waals surface area (Å²) in [6.07, 6.45) is 2.65. The van der Waals surface area contributed by atoms with Crippen LogP contribution in [0, 0.1) is 10.1 Å². The highest BCUT2D eigenvalue weighted by Crippen LogP contribution is 2.34. The van der Waals surface area contributed by atoms with Gasteiger partial charge in [0.2, 0.25) is 15.9 Å². The summed E-state index contributed by atoms with van der Waals surface area (Å²) in [5.41, 5.74) is 0.619. The van der Waals surface area contributed by atoms with Crippen molar-refractivity contribution in [1.82, 2.24) is 5.32 Å². The van der Waals surface area contributed by atoms with Crippen LogP contribution in [-0.4, -0.2) is 51.3 Å². The molecule has 178 valence electrons. The first kappa shape index (κ1) is 24.7. The SMILES string of the molecule is CCC(C(=O)NCC1(c2ccccc2)CCOCC1)N(c1cccc([N+](=O)[O-])c1)S(C)(=O)=O. The van der Waals surface area contributed by atoms with Gasteiger partial charge in [-0.15, -0.1) is 0 Å². The molecule has 9 nitrogen and oxygen atoms in total. The topological polar surface area (TPSA) is 119 Å². The summed E-state index contributed by atoms with van der Waals surface area (Å²) < 4.78 is 31.8. The smallest absolute Gasteiger partial charge is 0.271 e. The number of hydrogen-bond acceptors (Lipinski definition) is 6. The zero-order valence-electron chi connectivity index (χ0n) is 18.8. The number of nitrogens with zero attached hydrogens (tertiary/aromatic N) is 2. The highest BCUT2D eigenvalue weighted by molar-refractivity contribution is 7.92. The summed E-state index contributed by atoms with van der Waals surface area (Å²) in [7, 11) is -3.90. The zero-order valence-corrected chi connectivity index (χ0v) is 19.6. The van der Waals surface area contributed by atoms with Crippen molar-refractivity contribution in [3.8, 4) is 0 Å². The molecule has 1 unspecified atom stereocenters. The fourth-order valence-corrected chi connectivity index (χ4v) is 5.50. The Labute approximate surface area is 193 Å². The predicted octanol–water partition coefficient (Wildman–Crippen LogP) is 3.00. The third kappa shape index (κ3) is 5.69. The van der Waals surface area contributed by atoms with Gasteiger partial charge in [0.15, 0.2) is 0 Å². The van der Waals surface area contributed by atoms with Crippen LogP contribution in [-0.2, 0) is 25.0 Å². The van der Waals surface area contributed by atoms with E-state index < -0.39 is 26.9 Å². The average molecular weight is 476 g/mol. The second kappa shape index (κ2) is 10.3. The number of anilines is 1. The molecule has 0 aliphatic carbocycles. The van der Waals surface area contributed by atoms with E-state index in [-0.39, 0.29) is 23.2 Å². The molecular weight excluding hydrogens is 446 g/mol. The van der Waals surface area contributed by atoms with Gasteiger partial charge < -0.3 is 10.1 Å². The third-order valence-electron chi connectivity index (χ3n) is 6.06. The molecule has 0 aromatic heterocycles. The Bertz CT molecular complexity index is 1080. The lowest BCUT2D eigenvalue weighted by Crippen LogP contribution is -2.52. The molecule has 33 heavy (non-hydrogen) atoms. The summed E-state index contributed by atoms with van der Waals surface area (Å²) in [5, 5.41) is 14.2. The van der Waals surface area contributed by atoms with Crippen molar-refractivity contribution in [3.63, 3.8) is 0 Å². The largest absolute Gasteiger partial charge is 0.381 e. The maximum atomic E-state index is 13.3. The van der Waals surface area contributed by atoms with Gasteiger partial charge >= 0.3 is 0 Å². The lowest BCUT2D eigenvalue weighted by molar-refractivity contribution is -0.384. The van der Waals surface area contributed by atoms with Gasteiger partial charge in [-0.05, 0) is 30.9 Å². The van der Waals surface area contributed by atoms with E-state index in [9.17, 15) is 23.3 Å². The van der Waals surface area contributed by atoms with E-state index in [1.165, 1.54) is 24.3 Å². The number of amides is 1. The molecule has 1 N–H and O–H groups in total. The molecule has 1 fully saturated rings. The van der Waals surface area contributed by atoms with E-state index in [2.05, 4.69) is 5.32 Å². The van der Waals surface area contributed by atoms with Crippen molar-refractivity contribution in [3.05, 3.63) is 70.3 Å². The second-order valence-electron chi connectivity index (χ2n) is 8.24. The summed E-state index contributed by atoms with van der Waals surface area (Å²) in [5.74, 6) is -0.448. The van der Waals surface area contributed by atoms with Crippen molar-refractivity contribution in [2.24, 2.45) is 0 Å². The molecule has 2 aromatic rings. The van der Waals surface area contributed by atoms with Crippen molar-refractivity contribution in [2.75, 3.05) is 30.3 Å². The second-order valence-corrected chi connectivity index (χ2v) is 10.1. The molecule has 0 radical (unpaired) electrons. The van der Waals surface area contributed by atoms with E-state index in [0.29, 0.717) is 19.8 Å². The number of nitrogens with one attached hydrogen (secondary N) is 1. The number of benzene rings is 2. The lowest BCUT2D eigenvalue weighted by Gasteiger charge is -2.39. The molecule has 0 saturated carbocycles. The maximum absolute atomic E-state index is 13.3. The highest BCUT2D eigenvalue weighted by Gasteiger charge is 2.37. The van der Waals surface area contributed by atoms with Crippen LogP contribution in [0.3, 0.4) is 0 Å². The first-order valence-corrected chi connectivity index (χ1v) is 12.7. The van der Waals surface area contributed by atoms with Gasteiger partial charge in [-0.2, -0.15) is 0 Å². The third-order valence-corrected chi connectivity index (χ3v) is 7.24. The summed E-state index contributed by atoms with van der Waals surface area (Å²) in [6, 6.07) is 14.2.